The van der Waals surface area contributed by atoms with Gasteiger partial charge in [-0.05, 0) is 24.3 Å². The minimum atomic E-state index is -4.34. The van der Waals surface area contributed by atoms with Gasteiger partial charge in [-0.3, -0.25) is 0 Å². The Morgan fingerprint density at radius 3 is 2.63 bits per heavy atom. The number of nitriles is 1. The minimum Gasteiger partial charge on any atom is -0.332 e. The van der Waals surface area contributed by atoms with Gasteiger partial charge in [0.15, 0.2) is 0 Å². The number of fused-ring (bicyclic) bond motifs is 1. The Morgan fingerprint density at radius 1 is 1.42 bits per heavy atom. The molecule has 0 unspecified atom stereocenters. The van der Waals surface area contributed by atoms with E-state index in [1.54, 1.807) is 0 Å². The molecule has 1 heterocycles. The van der Waals surface area contributed by atoms with E-state index in [0.29, 0.717) is 16.6 Å². The predicted molar refractivity (Wildman–Crippen MR) is 67.8 cm³/mol. The average Bonchev–Trinajstić information content (AvgIpc) is 2.67. The zero-order valence-corrected chi connectivity index (χ0v) is 10.4. The maximum atomic E-state index is 12.6. The van der Waals surface area contributed by atoms with Crippen LogP contribution in [0, 0.1) is 11.3 Å². The van der Waals surface area contributed by atoms with Crippen LogP contribution in [0.3, 0.4) is 0 Å². The van der Waals surface area contributed by atoms with E-state index in [2.05, 4.69) is 6.58 Å². The molecule has 0 aliphatic carbocycles. The molecule has 0 aliphatic rings. The molecule has 2 rings (SSSR count). The molecule has 0 radical (unpaired) electrons. The highest BCUT2D eigenvalue weighted by Gasteiger charge is 2.29. The number of aromatic nitrogens is 1. The van der Waals surface area contributed by atoms with Crippen molar-refractivity contribution in [2.24, 2.45) is 0 Å². The highest BCUT2D eigenvalue weighted by molar-refractivity contribution is 6.36. The lowest BCUT2D eigenvalue weighted by Crippen LogP contribution is -2.18. The van der Waals surface area contributed by atoms with Crippen molar-refractivity contribution in [2.75, 3.05) is 0 Å². The third-order valence-electron chi connectivity index (χ3n) is 2.72. The molecule has 0 bridgehead atoms. The van der Waals surface area contributed by atoms with Crippen molar-refractivity contribution < 1.29 is 13.2 Å². The van der Waals surface area contributed by atoms with Crippen molar-refractivity contribution in [3.05, 3.63) is 41.1 Å². The lowest BCUT2D eigenvalue weighted by molar-refractivity contribution is -0.139. The Labute approximate surface area is 112 Å². The van der Waals surface area contributed by atoms with Gasteiger partial charge in [-0.25, -0.2) is 0 Å². The van der Waals surface area contributed by atoms with E-state index in [1.165, 1.54) is 24.3 Å². The van der Waals surface area contributed by atoms with Gasteiger partial charge in [0.1, 0.15) is 12.6 Å². The van der Waals surface area contributed by atoms with E-state index >= 15 is 0 Å². The van der Waals surface area contributed by atoms with Gasteiger partial charge in [0, 0.05) is 11.1 Å². The summed E-state index contributed by atoms with van der Waals surface area (Å²) >= 11 is 6.00. The summed E-state index contributed by atoms with van der Waals surface area (Å²) < 4.78 is 38.8. The molecule has 1 aromatic carbocycles. The second-order valence-electron chi connectivity index (χ2n) is 3.95. The zero-order chi connectivity index (χ0) is 14.2. The molecule has 0 saturated carbocycles. The van der Waals surface area contributed by atoms with Crippen LogP contribution in [-0.2, 0) is 6.54 Å². The van der Waals surface area contributed by atoms with Crippen LogP contribution in [0.4, 0.5) is 13.2 Å². The number of hydrogen-bond acceptors (Lipinski definition) is 1. The number of hydrogen-bond donors (Lipinski definition) is 0. The Balaban J connectivity index is 2.73. The summed E-state index contributed by atoms with van der Waals surface area (Å²) in [6.45, 7) is 2.37. The highest BCUT2D eigenvalue weighted by Crippen LogP contribution is 2.32. The monoisotopic (exact) mass is 284 g/mol. The molecule has 19 heavy (non-hydrogen) atoms. The molecule has 0 saturated heterocycles. The fourth-order valence-electron chi connectivity index (χ4n) is 1.93. The van der Waals surface area contributed by atoms with Crippen LogP contribution in [0.2, 0.25) is 5.02 Å². The normalized spacial score (nSPS) is 11.5. The van der Waals surface area contributed by atoms with Crippen molar-refractivity contribution in [2.45, 2.75) is 12.7 Å². The second-order valence-corrected chi connectivity index (χ2v) is 4.32. The SMILES string of the molecule is C=Cc1cc2c(Cl)c(C#N)ccc2n1CC(F)(F)F. The first kappa shape index (κ1) is 13.5. The fourth-order valence-corrected chi connectivity index (χ4v) is 2.19. The molecular weight excluding hydrogens is 277 g/mol. The highest BCUT2D eigenvalue weighted by atomic mass is 35.5. The van der Waals surface area contributed by atoms with Crippen LogP contribution in [0.25, 0.3) is 17.0 Å². The van der Waals surface area contributed by atoms with Crippen LogP contribution in [0.5, 0.6) is 0 Å². The molecule has 2 nitrogen and oxygen atoms in total. The first-order valence-corrected chi connectivity index (χ1v) is 5.66. The third kappa shape index (κ3) is 2.45. The summed E-state index contributed by atoms with van der Waals surface area (Å²) in [6.07, 6.45) is -3.02. The van der Waals surface area contributed by atoms with Crippen molar-refractivity contribution >= 4 is 28.6 Å². The molecule has 0 fully saturated rings. The van der Waals surface area contributed by atoms with Crippen LogP contribution >= 0.6 is 11.6 Å². The largest absolute Gasteiger partial charge is 0.406 e. The Hall–Kier alpha value is -1.93. The maximum absolute atomic E-state index is 12.6. The molecular formula is C13H8ClF3N2. The van der Waals surface area contributed by atoms with Gasteiger partial charge in [0.25, 0.3) is 0 Å². The number of rotatable bonds is 2. The summed E-state index contributed by atoms with van der Waals surface area (Å²) in [5.74, 6) is 0. The topological polar surface area (TPSA) is 28.7 Å². The lowest BCUT2D eigenvalue weighted by atomic mass is 10.1. The molecule has 6 heteroatoms. The van der Waals surface area contributed by atoms with Crippen molar-refractivity contribution in [1.29, 1.82) is 5.26 Å². The van der Waals surface area contributed by atoms with Crippen LogP contribution in [-0.4, -0.2) is 10.7 Å². The molecule has 2 aromatic rings. The Bertz CT molecular complexity index is 692. The van der Waals surface area contributed by atoms with E-state index in [-0.39, 0.29) is 10.6 Å². The molecule has 0 spiro atoms. The molecule has 0 aliphatic heterocycles. The molecule has 98 valence electrons. The van der Waals surface area contributed by atoms with Gasteiger partial charge in [0.05, 0.1) is 16.1 Å². The van der Waals surface area contributed by atoms with Crippen LogP contribution < -0.4 is 0 Å². The van der Waals surface area contributed by atoms with Crippen molar-refractivity contribution in [3.63, 3.8) is 0 Å². The number of benzene rings is 1. The van der Waals surface area contributed by atoms with E-state index in [1.807, 2.05) is 6.07 Å². The molecule has 0 atom stereocenters. The van der Waals surface area contributed by atoms with Crippen molar-refractivity contribution in [1.82, 2.24) is 4.57 Å². The van der Waals surface area contributed by atoms with E-state index in [0.717, 1.165) is 4.57 Å². The minimum absolute atomic E-state index is 0.157. The van der Waals surface area contributed by atoms with Crippen molar-refractivity contribution in [3.8, 4) is 6.07 Å². The van der Waals surface area contributed by atoms with Gasteiger partial charge in [0.2, 0.25) is 0 Å². The second kappa shape index (κ2) is 4.63. The summed E-state index contributed by atoms with van der Waals surface area (Å²) in [4.78, 5) is 0. The smallest absolute Gasteiger partial charge is 0.332 e. The summed E-state index contributed by atoms with van der Waals surface area (Å²) in [5.41, 5.74) is 0.870. The third-order valence-corrected chi connectivity index (χ3v) is 3.13. The van der Waals surface area contributed by atoms with E-state index in [4.69, 9.17) is 16.9 Å². The Morgan fingerprint density at radius 2 is 2.11 bits per heavy atom. The zero-order valence-electron chi connectivity index (χ0n) is 9.63. The standard InChI is InChI=1S/C13H8ClF3N2/c1-2-9-5-10-11(19(9)7-13(15,16)17)4-3-8(6-18)12(10)14/h2-5H,1,7H2. The Kier molecular flexibility index (Phi) is 3.29. The maximum Gasteiger partial charge on any atom is 0.406 e. The van der Waals surface area contributed by atoms with E-state index in [9.17, 15) is 13.2 Å². The van der Waals surface area contributed by atoms with Gasteiger partial charge < -0.3 is 4.57 Å². The molecule has 0 N–H and O–H groups in total. The quantitative estimate of drug-likeness (QED) is 0.805. The first-order valence-electron chi connectivity index (χ1n) is 5.28. The predicted octanol–water partition coefficient (Wildman–Crippen LogP) is 4.37. The number of alkyl halides is 3. The van der Waals surface area contributed by atoms with Gasteiger partial charge in [-0.2, -0.15) is 18.4 Å². The summed E-state index contributed by atoms with van der Waals surface area (Å²) in [6, 6.07) is 6.25. The lowest BCUT2D eigenvalue weighted by Gasteiger charge is -2.11. The van der Waals surface area contributed by atoms with Gasteiger partial charge >= 0.3 is 6.18 Å². The first-order chi connectivity index (χ1) is 8.87. The van der Waals surface area contributed by atoms with E-state index < -0.39 is 12.7 Å². The number of halogens is 4. The van der Waals surface area contributed by atoms with Crippen LogP contribution in [0.15, 0.2) is 24.8 Å². The fraction of sp³-hybridized carbons (Fsp3) is 0.154. The number of nitrogens with zero attached hydrogens (tertiary/aromatic N) is 2. The summed E-state index contributed by atoms with van der Waals surface area (Å²) in [7, 11) is 0. The summed E-state index contributed by atoms with van der Waals surface area (Å²) in [5, 5.41) is 9.43. The molecule has 0 amide bonds. The van der Waals surface area contributed by atoms with Crippen LogP contribution in [0.1, 0.15) is 11.3 Å². The average molecular weight is 285 g/mol. The molecule has 1 aromatic heterocycles. The van der Waals surface area contributed by atoms with Gasteiger partial charge in [-0.1, -0.05) is 18.2 Å². The van der Waals surface area contributed by atoms with Gasteiger partial charge in [-0.15, -0.1) is 0 Å².